The highest BCUT2D eigenvalue weighted by atomic mass is 16.5. The number of carbonyl (C=O) groups excluding carboxylic acids is 3. The molecular formula is C21H24N2O4. The fourth-order valence-corrected chi connectivity index (χ4v) is 2.46. The van der Waals surface area contributed by atoms with Crippen LogP contribution in [-0.2, 0) is 9.53 Å². The summed E-state index contributed by atoms with van der Waals surface area (Å²) in [4.78, 5) is 36.7. The number of amides is 3. The molecule has 1 unspecified atom stereocenters. The largest absolute Gasteiger partial charge is 0.444 e. The van der Waals surface area contributed by atoms with Gasteiger partial charge in [-0.2, -0.15) is 0 Å². The van der Waals surface area contributed by atoms with Gasteiger partial charge in [-0.05, 0) is 30.5 Å². The van der Waals surface area contributed by atoms with Crippen molar-refractivity contribution in [3.63, 3.8) is 0 Å². The highest BCUT2D eigenvalue weighted by molar-refractivity contribution is 5.99. The summed E-state index contributed by atoms with van der Waals surface area (Å²) in [7, 11) is 0. The molecule has 0 heterocycles. The second kappa shape index (κ2) is 9.52. The zero-order valence-corrected chi connectivity index (χ0v) is 15.7. The van der Waals surface area contributed by atoms with E-state index in [0.29, 0.717) is 23.6 Å². The standard InChI is InChI=1S/C21H24N2O4/c1-4-22-21(26)23-19(24)18(16-8-6-5-7-9-16)27-20(25)17-12-10-15(11-13-17)14(2)3/h5-14,18H,4H2,1-3H3,(H2,22,23,24,26). The molecule has 0 saturated carbocycles. The molecule has 142 valence electrons. The first kappa shape index (κ1) is 20.2. The number of imide groups is 1. The molecule has 2 aromatic rings. The number of benzene rings is 2. The van der Waals surface area contributed by atoms with Gasteiger partial charge in [0.05, 0.1) is 5.56 Å². The zero-order chi connectivity index (χ0) is 19.8. The van der Waals surface area contributed by atoms with Crippen LogP contribution in [0.1, 0.15) is 54.3 Å². The van der Waals surface area contributed by atoms with Crippen molar-refractivity contribution in [2.45, 2.75) is 32.8 Å². The molecule has 6 heteroatoms. The fourth-order valence-electron chi connectivity index (χ4n) is 2.46. The summed E-state index contributed by atoms with van der Waals surface area (Å²) < 4.78 is 5.43. The van der Waals surface area contributed by atoms with Crippen LogP contribution >= 0.6 is 0 Å². The average molecular weight is 368 g/mol. The molecule has 0 aliphatic rings. The number of hydrogen-bond acceptors (Lipinski definition) is 4. The lowest BCUT2D eigenvalue weighted by molar-refractivity contribution is -0.129. The van der Waals surface area contributed by atoms with Crippen molar-refractivity contribution in [1.29, 1.82) is 0 Å². The quantitative estimate of drug-likeness (QED) is 0.764. The Bertz CT molecular complexity index is 786. The average Bonchev–Trinajstić information content (AvgIpc) is 2.66. The van der Waals surface area contributed by atoms with E-state index in [1.165, 1.54) is 0 Å². The van der Waals surface area contributed by atoms with E-state index in [-0.39, 0.29) is 0 Å². The number of nitrogens with one attached hydrogen (secondary N) is 2. The molecular weight excluding hydrogens is 344 g/mol. The molecule has 0 saturated heterocycles. The molecule has 6 nitrogen and oxygen atoms in total. The lowest BCUT2D eigenvalue weighted by atomic mass is 10.0. The maximum Gasteiger partial charge on any atom is 0.339 e. The van der Waals surface area contributed by atoms with Crippen molar-refractivity contribution < 1.29 is 19.1 Å². The third-order valence-corrected chi connectivity index (χ3v) is 3.95. The Morgan fingerprint density at radius 3 is 2.11 bits per heavy atom. The molecule has 0 aromatic heterocycles. The van der Waals surface area contributed by atoms with E-state index in [9.17, 15) is 14.4 Å². The van der Waals surface area contributed by atoms with Gasteiger partial charge >= 0.3 is 12.0 Å². The number of carbonyl (C=O) groups is 3. The molecule has 2 aromatic carbocycles. The summed E-state index contributed by atoms with van der Waals surface area (Å²) in [6.45, 7) is 6.23. The minimum atomic E-state index is -1.23. The van der Waals surface area contributed by atoms with Crippen molar-refractivity contribution in [2.75, 3.05) is 6.54 Å². The van der Waals surface area contributed by atoms with E-state index >= 15 is 0 Å². The molecule has 0 radical (unpaired) electrons. The highest BCUT2D eigenvalue weighted by Crippen LogP contribution is 2.21. The lowest BCUT2D eigenvalue weighted by Crippen LogP contribution is -2.42. The summed E-state index contributed by atoms with van der Waals surface area (Å²) in [5, 5.41) is 4.67. The van der Waals surface area contributed by atoms with Gasteiger partial charge in [-0.15, -0.1) is 0 Å². The maximum absolute atomic E-state index is 12.5. The maximum atomic E-state index is 12.5. The normalized spacial score (nSPS) is 11.6. The molecule has 2 N–H and O–H groups in total. The summed E-state index contributed by atoms with van der Waals surface area (Å²) in [5.41, 5.74) is 1.91. The van der Waals surface area contributed by atoms with Crippen LogP contribution in [0.15, 0.2) is 54.6 Å². The highest BCUT2D eigenvalue weighted by Gasteiger charge is 2.27. The summed E-state index contributed by atoms with van der Waals surface area (Å²) in [6.07, 6.45) is -1.23. The van der Waals surface area contributed by atoms with Crippen LogP contribution in [0, 0.1) is 0 Å². The van der Waals surface area contributed by atoms with Crippen molar-refractivity contribution >= 4 is 17.9 Å². The van der Waals surface area contributed by atoms with E-state index < -0.39 is 24.0 Å². The molecule has 2 rings (SSSR count). The number of ether oxygens (including phenoxy) is 1. The minimum Gasteiger partial charge on any atom is -0.444 e. The molecule has 0 spiro atoms. The van der Waals surface area contributed by atoms with Crippen LogP contribution in [0.4, 0.5) is 4.79 Å². The van der Waals surface area contributed by atoms with Gasteiger partial charge in [0.1, 0.15) is 0 Å². The molecule has 1 atom stereocenters. The van der Waals surface area contributed by atoms with Gasteiger partial charge in [0.2, 0.25) is 6.10 Å². The first-order chi connectivity index (χ1) is 12.9. The van der Waals surface area contributed by atoms with Crippen molar-refractivity contribution in [1.82, 2.24) is 10.6 Å². The zero-order valence-electron chi connectivity index (χ0n) is 15.7. The Kier molecular flexibility index (Phi) is 7.11. The monoisotopic (exact) mass is 368 g/mol. The van der Waals surface area contributed by atoms with Crippen LogP contribution in [-0.4, -0.2) is 24.5 Å². The molecule has 0 aliphatic heterocycles. The topological polar surface area (TPSA) is 84.5 Å². The second-order valence-corrected chi connectivity index (χ2v) is 6.32. The lowest BCUT2D eigenvalue weighted by Gasteiger charge is -2.18. The van der Waals surface area contributed by atoms with Gasteiger partial charge in [0.25, 0.3) is 5.91 Å². The predicted octanol–water partition coefficient (Wildman–Crippen LogP) is 3.55. The van der Waals surface area contributed by atoms with Gasteiger partial charge in [-0.25, -0.2) is 9.59 Å². The van der Waals surface area contributed by atoms with E-state index in [2.05, 4.69) is 24.5 Å². The molecule has 3 amide bonds. The van der Waals surface area contributed by atoms with Gasteiger partial charge in [0, 0.05) is 12.1 Å². The van der Waals surface area contributed by atoms with Crippen LogP contribution in [0.25, 0.3) is 0 Å². The van der Waals surface area contributed by atoms with Crippen LogP contribution < -0.4 is 10.6 Å². The molecule has 0 aliphatic carbocycles. The molecule has 0 fully saturated rings. The number of urea groups is 1. The van der Waals surface area contributed by atoms with Crippen LogP contribution in [0.2, 0.25) is 0 Å². The van der Waals surface area contributed by atoms with Crippen molar-refractivity contribution in [3.05, 3.63) is 71.3 Å². The third-order valence-electron chi connectivity index (χ3n) is 3.95. The Hall–Kier alpha value is -3.15. The van der Waals surface area contributed by atoms with E-state index in [1.807, 2.05) is 12.1 Å². The Labute approximate surface area is 158 Å². The van der Waals surface area contributed by atoms with Gasteiger partial charge in [0.15, 0.2) is 0 Å². The Morgan fingerprint density at radius 2 is 1.56 bits per heavy atom. The van der Waals surface area contributed by atoms with Gasteiger partial charge in [-0.3, -0.25) is 10.1 Å². The molecule has 27 heavy (non-hydrogen) atoms. The minimum absolute atomic E-state index is 0.339. The number of hydrogen-bond donors (Lipinski definition) is 2. The second-order valence-electron chi connectivity index (χ2n) is 6.32. The van der Waals surface area contributed by atoms with Crippen LogP contribution in [0.5, 0.6) is 0 Å². The van der Waals surface area contributed by atoms with E-state index in [1.54, 1.807) is 49.4 Å². The van der Waals surface area contributed by atoms with Crippen molar-refractivity contribution in [3.8, 4) is 0 Å². The van der Waals surface area contributed by atoms with Crippen molar-refractivity contribution in [2.24, 2.45) is 0 Å². The van der Waals surface area contributed by atoms with E-state index in [4.69, 9.17) is 4.74 Å². The van der Waals surface area contributed by atoms with Gasteiger partial charge in [-0.1, -0.05) is 56.3 Å². The van der Waals surface area contributed by atoms with Crippen LogP contribution in [0.3, 0.4) is 0 Å². The predicted molar refractivity (Wildman–Crippen MR) is 102 cm³/mol. The Morgan fingerprint density at radius 1 is 0.926 bits per heavy atom. The first-order valence-corrected chi connectivity index (χ1v) is 8.87. The number of esters is 1. The summed E-state index contributed by atoms with van der Waals surface area (Å²) in [6, 6.07) is 15.0. The first-order valence-electron chi connectivity index (χ1n) is 8.87. The summed E-state index contributed by atoms with van der Waals surface area (Å²) in [5.74, 6) is -1.00. The Balaban J connectivity index is 2.19. The summed E-state index contributed by atoms with van der Waals surface area (Å²) >= 11 is 0. The SMILES string of the molecule is CCNC(=O)NC(=O)C(OC(=O)c1ccc(C(C)C)cc1)c1ccccc1. The third kappa shape index (κ3) is 5.67. The number of rotatable bonds is 6. The van der Waals surface area contributed by atoms with Gasteiger partial charge < -0.3 is 10.1 Å². The molecule has 0 bridgehead atoms. The van der Waals surface area contributed by atoms with E-state index in [0.717, 1.165) is 5.56 Å². The smallest absolute Gasteiger partial charge is 0.339 e. The fraction of sp³-hybridized carbons (Fsp3) is 0.286.